The molecule has 3 heterocycles. The Kier molecular flexibility index (Phi) is 6.09. The van der Waals surface area contributed by atoms with Gasteiger partial charge in [0.05, 0.1) is 30.8 Å². The SMILES string of the molecule is COc1ccc(-c2c(Nc3cnc(N)cn3)[nH]c3c(C4CC=CCC4)c(-c4ccccc4)nn3c2=O)cc1. The number of benzene rings is 2. The number of hydrogen-bond donors (Lipinski definition) is 3. The first-order valence-electron chi connectivity index (χ1n) is 12.5. The van der Waals surface area contributed by atoms with Gasteiger partial charge in [0, 0.05) is 11.1 Å². The lowest BCUT2D eigenvalue weighted by Crippen LogP contribution is -2.20. The Morgan fingerprint density at radius 2 is 1.84 bits per heavy atom. The molecule has 0 fully saturated rings. The van der Waals surface area contributed by atoms with Crippen LogP contribution in [-0.2, 0) is 0 Å². The van der Waals surface area contributed by atoms with Gasteiger partial charge in [-0.15, -0.1) is 0 Å². The standard InChI is InChI=1S/C29H27N7O2/c1-38-21-14-12-19(13-15-21)25-27(33-23-17-31-22(30)16-32-23)34-28-24(18-8-4-2-5-9-18)26(35-36(28)29(25)37)20-10-6-3-7-11-20/h2-4,6-7,10-18,34H,5,8-9H2,1H3,(H2,30,31)(H,32,33). The third-order valence-electron chi connectivity index (χ3n) is 6.85. The van der Waals surface area contributed by atoms with Gasteiger partial charge in [0.2, 0.25) is 0 Å². The topological polar surface area (TPSA) is 123 Å². The van der Waals surface area contributed by atoms with Crippen LogP contribution in [0.4, 0.5) is 17.5 Å². The summed E-state index contributed by atoms with van der Waals surface area (Å²) in [5, 5.41) is 8.16. The monoisotopic (exact) mass is 505 g/mol. The lowest BCUT2D eigenvalue weighted by molar-refractivity contribution is 0.415. The first-order chi connectivity index (χ1) is 18.6. The second kappa shape index (κ2) is 9.85. The average Bonchev–Trinajstić information content (AvgIpc) is 3.35. The van der Waals surface area contributed by atoms with Gasteiger partial charge in [0.1, 0.15) is 28.9 Å². The van der Waals surface area contributed by atoms with E-state index in [0.717, 1.165) is 36.1 Å². The molecule has 1 unspecified atom stereocenters. The van der Waals surface area contributed by atoms with Crippen molar-refractivity contribution >= 4 is 23.1 Å². The molecule has 1 aliphatic rings. The van der Waals surface area contributed by atoms with Crippen molar-refractivity contribution in [3.05, 3.63) is 95.1 Å². The van der Waals surface area contributed by atoms with Crippen LogP contribution < -0.4 is 21.3 Å². The Balaban J connectivity index is 1.62. The van der Waals surface area contributed by atoms with Crippen LogP contribution >= 0.6 is 0 Å². The Morgan fingerprint density at radius 1 is 1.03 bits per heavy atom. The summed E-state index contributed by atoms with van der Waals surface area (Å²) < 4.78 is 6.82. The lowest BCUT2D eigenvalue weighted by Gasteiger charge is -2.19. The molecule has 0 amide bonds. The van der Waals surface area contributed by atoms with E-state index in [-0.39, 0.29) is 11.5 Å². The van der Waals surface area contributed by atoms with Crippen LogP contribution in [0, 0.1) is 0 Å². The van der Waals surface area contributed by atoms with E-state index in [4.69, 9.17) is 15.6 Å². The predicted octanol–water partition coefficient (Wildman–Crippen LogP) is 5.30. The lowest BCUT2D eigenvalue weighted by atomic mass is 9.86. The number of H-pyrrole nitrogens is 1. The molecule has 0 spiro atoms. The van der Waals surface area contributed by atoms with Crippen molar-refractivity contribution in [3.8, 4) is 28.1 Å². The van der Waals surface area contributed by atoms with Crippen molar-refractivity contribution in [1.29, 1.82) is 0 Å². The van der Waals surface area contributed by atoms with E-state index in [1.54, 1.807) is 7.11 Å². The molecular formula is C29H27N7O2. The zero-order chi connectivity index (χ0) is 26.1. The van der Waals surface area contributed by atoms with Crippen molar-refractivity contribution in [2.75, 3.05) is 18.2 Å². The minimum absolute atomic E-state index is 0.222. The maximum Gasteiger partial charge on any atom is 0.284 e. The van der Waals surface area contributed by atoms with Gasteiger partial charge in [0.25, 0.3) is 5.56 Å². The van der Waals surface area contributed by atoms with Gasteiger partial charge >= 0.3 is 0 Å². The van der Waals surface area contributed by atoms with E-state index in [1.165, 1.54) is 16.9 Å². The van der Waals surface area contributed by atoms with Crippen molar-refractivity contribution in [2.24, 2.45) is 0 Å². The van der Waals surface area contributed by atoms with Crippen LogP contribution in [0.15, 0.2) is 83.9 Å². The quantitative estimate of drug-likeness (QED) is 0.267. The molecule has 38 heavy (non-hydrogen) atoms. The highest BCUT2D eigenvalue weighted by Crippen LogP contribution is 2.39. The Morgan fingerprint density at radius 3 is 2.53 bits per heavy atom. The largest absolute Gasteiger partial charge is 0.497 e. The number of nitrogen functional groups attached to an aromatic ring is 1. The summed E-state index contributed by atoms with van der Waals surface area (Å²) in [5.41, 5.74) is 10.1. The van der Waals surface area contributed by atoms with Crippen LogP contribution in [0.3, 0.4) is 0 Å². The molecule has 0 radical (unpaired) electrons. The highest BCUT2D eigenvalue weighted by atomic mass is 16.5. The molecule has 9 heteroatoms. The number of anilines is 3. The minimum atomic E-state index is -0.246. The fourth-order valence-electron chi connectivity index (χ4n) is 4.99. The molecule has 2 aromatic carbocycles. The molecule has 1 atom stereocenters. The van der Waals surface area contributed by atoms with Crippen LogP contribution in [0.25, 0.3) is 28.0 Å². The smallest absolute Gasteiger partial charge is 0.284 e. The molecule has 1 aliphatic carbocycles. The number of rotatable bonds is 6. The molecule has 3 aromatic heterocycles. The fraction of sp³-hybridized carbons (Fsp3) is 0.172. The summed E-state index contributed by atoms with van der Waals surface area (Å²) in [6.07, 6.45) is 10.3. The normalized spacial score (nSPS) is 15.0. The minimum Gasteiger partial charge on any atom is -0.497 e. The van der Waals surface area contributed by atoms with Crippen molar-refractivity contribution in [2.45, 2.75) is 25.2 Å². The summed E-state index contributed by atoms with van der Waals surface area (Å²) in [6, 6.07) is 17.4. The van der Waals surface area contributed by atoms with E-state index in [1.807, 2.05) is 54.6 Å². The van der Waals surface area contributed by atoms with Crippen LogP contribution in [-0.4, -0.2) is 31.7 Å². The number of methoxy groups -OCH3 is 1. The first-order valence-corrected chi connectivity index (χ1v) is 12.5. The number of allylic oxidation sites excluding steroid dienone is 2. The Bertz CT molecular complexity index is 1670. The third-order valence-corrected chi connectivity index (χ3v) is 6.85. The summed E-state index contributed by atoms with van der Waals surface area (Å²) in [6.45, 7) is 0. The number of aromatic nitrogens is 5. The highest BCUT2D eigenvalue weighted by Gasteiger charge is 2.27. The zero-order valence-corrected chi connectivity index (χ0v) is 20.9. The molecule has 9 nitrogen and oxygen atoms in total. The summed E-state index contributed by atoms with van der Waals surface area (Å²) >= 11 is 0. The molecule has 4 N–H and O–H groups in total. The van der Waals surface area contributed by atoms with Gasteiger partial charge in [-0.2, -0.15) is 9.61 Å². The van der Waals surface area contributed by atoms with Gasteiger partial charge in [-0.3, -0.25) is 4.79 Å². The Labute approximate surface area is 219 Å². The van der Waals surface area contributed by atoms with E-state index >= 15 is 0 Å². The molecule has 0 aliphatic heterocycles. The maximum absolute atomic E-state index is 14.2. The number of aromatic amines is 1. The van der Waals surface area contributed by atoms with Crippen molar-refractivity contribution in [1.82, 2.24) is 24.6 Å². The van der Waals surface area contributed by atoms with E-state index in [9.17, 15) is 4.79 Å². The van der Waals surface area contributed by atoms with Gasteiger partial charge in [-0.1, -0.05) is 54.6 Å². The Hall–Kier alpha value is -4.92. The number of hydrogen-bond acceptors (Lipinski definition) is 7. The molecular weight excluding hydrogens is 478 g/mol. The number of nitrogens with two attached hydrogens (primary N) is 1. The summed E-state index contributed by atoms with van der Waals surface area (Å²) in [7, 11) is 1.61. The van der Waals surface area contributed by atoms with Gasteiger partial charge < -0.3 is 20.8 Å². The average molecular weight is 506 g/mol. The molecule has 190 valence electrons. The van der Waals surface area contributed by atoms with Gasteiger partial charge in [-0.05, 0) is 42.9 Å². The van der Waals surface area contributed by atoms with Crippen LogP contribution in [0.5, 0.6) is 5.75 Å². The molecule has 6 rings (SSSR count). The molecule has 0 saturated heterocycles. The third kappa shape index (κ3) is 4.28. The molecule has 5 aromatic rings. The van der Waals surface area contributed by atoms with Gasteiger partial charge in [0.15, 0.2) is 0 Å². The zero-order valence-electron chi connectivity index (χ0n) is 20.9. The van der Waals surface area contributed by atoms with Crippen LogP contribution in [0.2, 0.25) is 0 Å². The number of nitrogens with zero attached hydrogens (tertiary/aromatic N) is 4. The highest BCUT2D eigenvalue weighted by molar-refractivity contribution is 5.81. The molecule has 0 saturated carbocycles. The predicted molar refractivity (Wildman–Crippen MR) is 149 cm³/mol. The maximum atomic E-state index is 14.2. The number of fused-ring (bicyclic) bond motifs is 1. The van der Waals surface area contributed by atoms with Crippen molar-refractivity contribution < 1.29 is 4.74 Å². The summed E-state index contributed by atoms with van der Waals surface area (Å²) in [4.78, 5) is 26.2. The van der Waals surface area contributed by atoms with Crippen molar-refractivity contribution in [3.63, 3.8) is 0 Å². The number of ether oxygens (including phenoxy) is 1. The van der Waals surface area contributed by atoms with E-state index in [0.29, 0.717) is 40.0 Å². The summed E-state index contributed by atoms with van der Waals surface area (Å²) in [5.74, 6) is 2.19. The fourth-order valence-corrected chi connectivity index (χ4v) is 4.99. The second-order valence-corrected chi connectivity index (χ2v) is 9.23. The van der Waals surface area contributed by atoms with E-state index < -0.39 is 0 Å². The van der Waals surface area contributed by atoms with E-state index in [2.05, 4.69) is 32.4 Å². The first kappa shape index (κ1) is 23.5. The van der Waals surface area contributed by atoms with Crippen LogP contribution in [0.1, 0.15) is 30.7 Å². The second-order valence-electron chi connectivity index (χ2n) is 9.23. The van der Waals surface area contributed by atoms with Gasteiger partial charge in [-0.25, -0.2) is 9.97 Å². The number of nitrogens with one attached hydrogen (secondary N) is 2. The molecule has 0 bridgehead atoms.